The molecule has 0 radical (unpaired) electrons. The molecule has 0 fully saturated rings. The van der Waals surface area contributed by atoms with Crippen molar-refractivity contribution in [2.45, 2.75) is 25.4 Å². The first-order chi connectivity index (χ1) is 13.3. The second kappa shape index (κ2) is 7.91. The number of rotatable bonds is 7. The van der Waals surface area contributed by atoms with Gasteiger partial charge in [0.05, 0.1) is 6.04 Å². The van der Waals surface area contributed by atoms with Gasteiger partial charge >= 0.3 is 0 Å². The van der Waals surface area contributed by atoms with Gasteiger partial charge < -0.3 is 14.9 Å². The number of amides is 1. The highest BCUT2D eigenvalue weighted by Gasteiger charge is 2.16. The molecule has 27 heavy (non-hydrogen) atoms. The molecule has 0 saturated carbocycles. The maximum absolute atomic E-state index is 12.6. The topological polar surface area (TPSA) is 62.7 Å². The van der Waals surface area contributed by atoms with E-state index >= 15 is 0 Å². The van der Waals surface area contributed by atoms with E-state index < -0.39 is 0 Å². The van der Waals surface area contributed by atoms with Gasteiger partial charge in [-0.1, -0.05) is 48.5 Å². The Morgan fingerprint density at radius 1 is 1.07 bits per heavy atom. The Labute approximate surface area is 158 Å². The number of aryl methyl sites for hydroxylation is 1. The number of aromatic amines is 1. The molecule has 136 valence electrons. The Bertz CT molecular complexity index is 1010. The van der Waals surface area contributed by atoms with Crippen LogP contribution in [0, 0.1) is 0 Å². The lowest BCUT2D eigenvalue weighted by Gasteiger charge is -2.18. The minimum Gasteiger partial charge on any atom is -0.349 e. The average molecular weight is 358 g/mol. The van der Waals surface area contributed by atoms with Crippen molar-refractivity contribution in [2.24, 2.45) is 0 Å². The monoisotopic (exact) mass is 358 g/mol. The molecule has 2 aromatic carbocycles. The lowest BCUT2D eigenvalue weighted by atomic mass is 10.0. The number of benzene rings is 2. The number of hydrogen-bond donors (Lipinski definition) is 2. The van der Waals surface area contributed by atoms with E-state index in [4.69, 9.17) is 0 Å². The SMILES string of the molecule is O=C(CCn1ccc2ccccc21)N[C@H](Cc1ncc[nH]1)c1ccccc1. The quantitative estimate of drug-likeness (QED) is 0.527. The molecule has 0 aliphatic carbocycles. The highest BCUT2D eigenvalue weighted by atomic mass is 16.1. The number of para-hydroxylation sites is 1. The van der Waals surface area contributed by atoms with E-state index in [9.17, 15) is 4.79 Å². The fourth-order valence-corrected chi connectivity index (χ4v) is 3.36. The van der Waals surface area contributed by atoms with E-state index in [2.05, 4.69) is 38.1 Å². The van der Waals surface area contributed by atoms with Crippen LogP contribution in [-0.2, 0) is 17.8 Å². The van der Waals surface area contributed by atoms with Crippen LogP contribution in [0.25, 0.3) is 10.9 Å². The first kappa shape index (κ1) is 17.1. The molecule has 4 aromatic rings. The van der Waals surface area contributed by atoms with Crippen molar-refractivity contribution < 1.29 is 4.79 Å². The molecule has 0 spiro atoms. The zero-order valence-corrected chi connectivity index (χ0v) is 15.0. The van der Waals surface area contributed by atoms with E-state index in [1.54, 1.807) is 12.4 Å². The van der Waals surface area contributed by atoms with E-state index in [1.807, 2.05) is 48.7 Å². The number of aromatic nitrogens is 3. The summed E-state index contributed by atoms with van der Waals surface area (Å²) in [5.41, 5.74) is 2.23. The fraction of sp³-hybridized carbons (Fsp3) is 0.182. The van der Waals surface area contributed by atoms with Crippen molar-refractivity contribution in [3.8, 4) is 0 Å². The van der Waals surface area contributed by atoms with Gasteiger partial charge in [-0.05, 0) is 23.1 Å². The second-order valence-electron chi connectivity index (χ2n) is 6.59. The first-order valence-electron chi connectivity index (χ1n) is 9.16. The molecule has 0 unspecified atom stereocenters. The summed E-state index contributed by atoms with van der Waals surface area (Å²) in [5, 5.41) is 4.36. The minimum atomic E-state index is -0.105. The van der Waals surface area contributed by atoms with E-state index in [0.717, 1.165) is 16.9 Å². The molecule has 0 aliphatic rings. The van der Waals surface area contributed by atoms with Crippen LogP contribution in [0.3, 0.4) is 0 Å². The van der Waals surface area contributed by atoms with Crippen molar-refractivity contribution in [1.29, 1.82) is 0 Å². The third-order valence-corrected chi connectivity index (χ3v) is 4.75. The van der Waals surface area contributed by atoms with Gasteiger partial charge in [0, 0.05) is 43.5 Å². The lowest BCUT2D eigenvalue weighted by molar-refractivity contribution is -0.122. The molecular formula is C22H22N4O. The Hall–Kier alpha value is -3.34. The van der Waals surface area contributed by atoms with Gasteiger partial charge in [-0.2, -0.15) is 0 Å². The first-order valence-corrected chi connectivity index (χ1v) is 9.16. The summed E-state index contributed by atoms with van der Waals surface area (Å²) < 4.78 is 2.12. The van der Waals surface area contributed by atoms with Gasteiger partial charge in [-0.25, -0.2) is 4.98 Å². The maximum Gasteiger partial charge on any atom is 0.222 e. The molecule has 2 heterocycles. The summed E-state index contributed by atoms with van der Waals surface area (Å²) in [6.07, 6.45) is 6.64. The third-order valence-electron chi connectivity index (χ3n) is 4.75. The van der Waals surface area contributed by atoms with E-state index in [0.29, 0.717) is 19.4 Å². The zero-order chi connectivity index (χ0) is 18.5. The van der Waals surface area contributed by atoms with Crippen LogP contribution in [0.4, 0.5) is 0 Å². The number of imidazole rings is 1. The van der Waals surface area contributed by atoms with Gasteiger partial charge in [0.15, 0.2) is 0 Å². The highest BCUT2D eigenvalue weighted by molar-refractivity contribution is 5.80. The summed E-state index contributed by atoms with van der Waals surface area (Å²) in [7, 11) is 0. The molecule has 1 atom stereocenters. The lowest BCUT2D eigenvalue weighted by Crippen LogP contribution is -2.30. The van der Waals surface area contributed by atoms with Crippen LogP contribution >= 0.6 is 0 Å². The van der Waals surface area contributed by atoms with Crippen molar-refractivity contribution in [3.63, 3.8) is 0 Å². The number of hydrogen-bond acceptors (Lipinski definition) is 2. The summed E-state index contributed by atoms with van der Waals surface area (Å²) >= 11 is 0. The largest absolute Gasteiger partial charge is 0.349 e. The predicted molar refractivity (Wildman–Crippen MR) is 106 cm³/mol. The number of nitrogens with zero attached hydrogens (tertiary/aromatic N) is 2. The molecule has 4 rings (SSSR count). The molecule has 0 aliphatic heterocycles. The zero-order valence-electron chi connectivity index (χ0n) is 15.0. The molecule has 0 bridgehead atoms. The van der Waals surface area contributed by atoms with Gasteiger partial charge in [-0.15, -0.1) is 0 Å². The Balaban J connectivity index is 1.43. The molecule has 5 nitrogen and oxygen atoms in total. The normalized spacial score (nSPS) is 12.1. The number of nitrogens with one attached hydrogen (secondary N) is 2. The van der Waals surface area contributed by atoms with Crippen molar-refractivity contribution in [3.05, 3.63) is 90.6 Å². The van der Waals surface area contributed by atoms with Crippen LogP contribution < -0.4 is 5.32 Å². The van der Waals surface area contributed by atoms with E-state index in [1.165, 1.54) is 5.39 Å². The molecule has 0 saturated heterocycles. The summed E-state index contributed by atoms with van der Waals surface area (Å²) in [5.74, 6) is 0.897. The van der Waals surface area contributed by atoms with Crippen molar-refractivity contribution >= 4 is 16.8 Å². The summed E-state index contributed by atoms with van der Waals surface area (Å²) in [6.45, 7) is 0.654. The maximum atomic E-state index is 12.6. The molecule has 2 aromatic heterocycles. The van der Waals surface area contributed by atoms with Crippen molar-refractivity contribution in [2.75, 3.05) is 0 Å². The van der Waals surface area contributed by atoms with Crippen molar-refractivity contribution in [1.82, 2.24) is 19.9 Å². The van der Waals surface area contributed by atoms with Crippen LogP contribution in [0.2, 0.25) is 0 Å². The fourth-order valence-electron chi connectivity index (χ4n) is 3.36. The van der Waals surface area contributed by atoms with Crippen LogP contribution in [0.1, 0.15) is 23.9 Å². The Morgan fingerprint density at radius 3 is 2.70 bits per heavy atom. The van der Waals surface area contributed by atoms with Gasteiger partial charge in [0.25, 0.3) is 0 Å². The third kappa shape index (κ3) is 4.08. The van der Waals surface area contributed by atoms with E-state index in [-0.39, 0.29) is 11.9 Å². The second-order valence-corrected chi connectivity index (χ2v) is 6.59. The summed E-state index contributed by atoms with van der Waals surface area (Å²) in [6, 6.07) is 20.2. The van der Waals surface area contributed by atoms with Gasteiger partial charge in [0.1, 0.15) is 5.82 Å². The molecule has 1 amide bonds. The molecule has 5 heteroatoms. The Morgan fingerprint density at radius 2 is 1.89 bits per heavy atom. The van der Waals surface area contributed by atoms with Crippen LogP contribution in [-0.4, -0.2) is 20.4 Å². The Kier molecular flexibility index (Phi) is 5.01. The molecule has 2 N–H and O–H groups in total. The smallest absolute Gasteiger partial charge is 0.222 e. The minimum absolute atomic E-state index is 0.0354. The number of fused-ring (bicyclic) bond motifs is 1. The van der Waals surface area contributed by atoms with Crippen LogP contribution in [0.15, 0.2) is 79.3 Å². The van der Waals surface area contributed by atoms with Gasteiger partial charge in [0.2, 0.25) is 5.91 Å². The molecular weight excluding hydrogens is 336 g/mol. The standard InChI is InChI=1S/C22H22N4O/c27-22(11-15-26-14-10-18-8-4-5-9-20(18)26)25-19(16-21-23-12-13-24-21)17-6-2-1-3-7-17/h1-10,12-14,19H,11,15-16H2,(H,23,24)(H,25,27)/t19-/m1/s1. The number of carbonyl (C=O) groups excluding carboxylic acids is 1. The average Bonchev–Trinajstić information content (AvgIpc) is 3.36. The highest BCUT2D eigenvalue weighted by Crippen LogP contribution is 2.18. The number of H-pyrrole nitrogens is 1. The van der Waals surface area contributed by atoms with Gasteiger partial charge in [-0.3, -0.25) is 4.79 Å². The predicted octanol–water partition coefficient (Wildman–Crippen LogP) is 3.85. The summed E-state index contributed by atoms with van der Waals surface area (Å²) in [4.78, 5) is 20.0. The number of carbonyl (C=O) groups is 1. The van der Waals surface area contributed by atoms with Crippen LogP contribution in [0.5, 0.6) is 0 Å².